The first kappa shape index (κ1) is 10.1. The van der Waals surface area contributed by atoms with E-state index in [1.54, 1.807) is 11.3 Å². The minimum absolute atomic E-state index is 0.463. The van der Waals surface area contributed by atoms with Gasteiger partial charge in [-0.3, -0.25) is 0 Å². The van der Waals surface area contributed by atoms with Gasteiger partial charge in [-0.25, -0.2) is 0 Å². The van der Waals surface area contributed by atoms with E-state index in [9.17, 15) is 5.11 Å². The molecule has 1 saturated carbocycles. The number of hydrogen-bond acceptors (Lipinski definition) is 2. The molecule has 0 aromatic carbocycles. The van der Waals surface area contributed by atoms with E-state index in [4.69, 9.17) is 0 Å². The predicted molar refractivity (Wildman–Crippen MR) is 62.0 cm³/mol. The molecule has 13 heavy (non-hydrogen) atoms. The first-order valence-corrected chi connectivity index (χ1v) is 6.66. The fourth-order valence-corrected chi connectivity index (χ4v) is 3.87. The van der Waals surface area contributed by atoms with E-state index in [0.29, 0.717) is 5.92 Å². The van der Waals surface area contributed by atoms with Crippen LogP contribution in [0.3, 0.4) is 0 Å². The smallest absolute Gasteiger partial charge is 0.102 e. The molecular weight excluding hydrogens is 316 g/mol. The molecule has 0 radical (unpaired) electrons. The van der Waals surface area contributed by atoms with Crippen molar-refractivity contribution in [2.24, 2.45) is 5.92 Å². The van der Waals surface area contributed by atoms with Crippen LogP contribution in [0.25, 0.3) is 0 Å². The summed E-state index contributed by atoms with van der Waals surface area (Å²) in [4.78, 5) is 1.08. The maximum absolute atomic E-state index is 10.2. The summed E-state index contributed by atoms with van der Waals surface area (Å²) in [6, 6.07) is 2.02. The molecule has 0 bridgehead atoms. The molecule has 1 aromatic heterocycles. The van der Waals surface area contributed by atoms with Gasteiger partial charge < -0.3 is 5.11 Å². The van der Waals surface area contributed by atoms with E-state index in [1.165, 1.54) is 0 Å². The highest BCUT2D eigenvalue weighted by Gasteiger charge is 2.53. The lowest BCUT2D eigenvalue weighted by Crippen LogP contribution is -2.05. The molecule has 72 valence electrons. The van der Waals surface area contributed by atoms with Gasteiger partial charge in [-0.15, -0.1) is 11.3 Å². The summed E-state index contributed by atoms with van der Waals surface area (Å²) >= 11 is 8.49. The maximum Gasteiger partial charge on any atom is 0.102 e. The zero-order valence-electron chi connectivity index (χ0n) is 7.18. The molecule has 0 amide bonds. The van der Waals surface area contributed by atoms with Crippen LogP contribution in [0.4, 0.5) is 0 Å². The van der Waals surface area contributed by atoms with Crippen LogP contribution < -0.4 is 0 Å². The van der Waals surface area contributed by atoms with Crippen molar-refractivity contribution in [3.8, 4) is 0 Å². The van der Waals surface area contributed by atoms with Crippen LogP contribution in [0.2, 0.25) is 0 Å². The fraction of sp³-hybridized carbons (Fsp3) is 0.556. The summed E-state index contributed by atoms with van der Waals surface area (Å²) in [6.07, 6.45) is 1.98. The van der Waals surface area contributed by atoms with Gasteiger partial charge in [0.25, 0.3) is 0 Å². The van der Waals surface area contributed by atoms with E-state index in [2.05, 4.69) is 38.8 Å². The Morgan fingerprint density at radius 3 is 2.77 bits per heavy atom. The Morgan fingerprint density at radius 1 is 1.69 bits per heavy atom. The van der Waals surface area contributed by atoms with Crippen LogP contribution in [0.15, 0.2) is 14.3 Å². The second-order valence-corrected chi connectivity index (χ2v) is 6.69. The van der Waals surface area contributed by atoms with Gasteiger partial charge in [-0.1, -0.05) is 13.3 Å². The van der Waals surface area contributed by atoms with Crippen LogP contribution in [-0.2, 0) is 5.60 Å². The van der Waals surface area contributed by atoms with Gasteiger partial charge in [0, 0.05) is 9.35 Å². The van der Waals surface area contributed by atoms with Crippen LogP contribution in [0.1, 0.15) is 24.6 Å². The first-order valence-electron chi connectivity index (χ1n) is 4.25. The average Bonchev–Trinajstić information content (AvgIpc) is 2.65. The molecule has 1 aliphatic carbocycles. The van der Waals surface area contributed by atoms with Gasteiger partial charge >= 0.3 is 0 Å². The summed E-state index contributed by atoms with van der Waals surface area (Å²) in [6.45, 7) is 2.13. The highest BCUT2D eigenvalue weighted by molar-refractivity contribution is 9.13. The molecule has 0 saturated heterocycles. The Kier molecular flexibility index (Phi) is 2.60. The highest BCUT2D eigenvalue weighted by Crippen LogP contribution is 2.56. The Hall–Kier alpha value is 0.620. The van der Waals surface area contributed by atoms with Crippen LogP contribution >= 0.6 is 43.2 Å². The first-order chi connectivity index (χ1) is 6.08. The molecule has 1 aliphatic rings. The summed E-state index contributed by atoms with van der Waals surface area (Å²) in [5.74, 6) is 0.463. The topological polar surface area (TPSA) is 20.2 Å². The third kappa shape index (κ3) is 1.62. The third-order valence-corrected chi connectivity index (χ3v) is 6.06. The van der Waals surface area contributed by atoms with Crippen molar-refractivity contribution < 1.29 is 5.11 Å². The standard InChI is InChI=1S/C9H10Br2OS/c1-2-5-4-9(5,12)7-3-6(10)8(11)13-7/h3,5,12H,2,4H2,1H3. The Morgan fingerprint density at radius 2 is 2.38 bits per heavy atom. The van der Waals surface area contributed by atoms with E-state index in [0.717, 1.165) is 26.0 Å². The quantitative estimate of drug-likeness (QED) is 0.874. The second kappa shape index (κ2) is 3.33. The molecule has 2 atom stereocenters. The van der Waals surface area contributed by atoms with Gasteiger partial charge in [-0.05, 0) is 50.3 Å². The molecule has 1 heterocycles. The van der Waals surface area contributed by atoms with E-state index < -0.39 is 5.60 Å². The highest BCUT2D eigenvalue weighted by atomic mass is 79.9. The van der Waals surface area contributed by atoms with Crippen LogP contribution in [-0.4, -0.2) is 5.11 Å². The Bertz CT molecular complexity index is 317. The van der Waals surface area contributed by atoms with Gasteiger partial charge in [-0.2, -0.15) is 0 Å². The third-order valence-electron chi connectivity index (χ3n) is 2.64. The number of halogens is 2. The lowest BCUT2D eigenvalue weighted by atomic mass is 10.2. The zero-order valence-corrected chi connectivity index (χ0v) is 11.2. The monoisotopic (exact) mass is 324 g/mol. The van der Waals surface area contributed by atoms with Crippen molar-refractivity contribution in [2.75, 3.05) is 0 Å². The van der Waals surface area contributed by atoms with Crippen molar-refractivity contribution >= 4 is 43.2 Å². The normalized spacial score (nSPS) is 32.2. The van der Waals surface area contributed by atoms with Gasteiger partial charge in [0.2, 0.25) is 0 Å². The summed E-state index contributed by atoms with van der Waals surface area (Å²) in [5, 5.41) is 10.2. The van der Waals surface area contributed by atoms with Gasteiger partial charge in [0.1, 0.15) is 5.60 Å². The Balaban J connectivity index is 2.27. The molecule has 1 fully saturated rings. The molecule has 4 heteroatoms. The van der Waals surface area contributed by atoms with Crippen molar-refractivity contribution in [3.05, 3.63) is 19.2 Å². The van der Waals surface area contributed by atoms with Crippen molar-refractivity contribution in [1.29, 1.82) is 0 Å². The zero-order chi connectivity index (χ0) is 9.64. The molecule has 0 aliphatic heterocycles. The van der Waals surface area contributed by atoms with E-state index >= 15 is 0 Å². The maximum atomic E-state index is 10.2. The number of rotatable bonds is 2. The van der Waals surface area contributed by atoms with Crippen LogP contribution in [0.5, 0.6) is 0 Å². The number of aliphatic hydroxyl groups is 1. The van der Waals surface area contributed by atoms with E-state index in [-0.39, 0.29) is 0 Å². The number of hydrogen-bond donors (Lipinski definition) is 1. The number of thiophene rings is 1. The fourth-order valence-electron chi connectivity index (χ4n) is 1.66. The molecule has 1 N–H and O–H groups in total. The van der Waals surface area contributed by atoms with Gasteiger partial charge in [0.05, 0.1) is 3.79 Å². The molecule has 1 aromatic rings. The summed E-state index contributed by atoms with van der Waals surface area (Å²) < 4.78 is 2.11. The minimum Gasteiger partial charge on any atom is -0.384 e. The van der Waals surface area contributed by atoms with Crippen molar-refractivity contribution in [2.45, 2.75) is 25.4 Å². The van der Waals surface area contributed by atoms with Crippen molar-refractivity contribution in [3.63, 3.8) is 0 Å². The van der Waals surface area contributed by atoms with E-state index in [1.807, 2.05) is 6.07 Å². The molecular formula is C9H10Br2OS. The molecule has 0 spiro atoms. The lowest BCUT2D eigenvalue weighted by molar-refractivity contribution is 0.134. The van der Waals surface area contributed by atoms with Gasteiger partial charge in [0.15, 0.2) is 0 Å². The molecule has 2 unspecified atom stereocenters. The lowest BCUT2D eigenvalue weighted by Gasteiger charge is -2.05. The summed E-state index contributed by atoms with van der Waals surface area (Å²) in [7, 11) is 0. The largest absolute Gasteiger partial charge is 0.384 e. The Labute approximate surface area is 98.4 Å². The molecule has 1 nitrogen and oxygen atoms in total. The van der Waals surface area contributed by atoms with Crippen molar-refractivity contribution in [1.82, 2.24) is 0 Å². The average molecular weight is 326 g/mol. The minimum atomic E-state index is -0.520. The predicted octanol–water partition coefficient (Wildman–Crippen LogP) is 3.89. The summed E-state index contributed by atoms with van der Waals surface area (Å²) in [5.41, 5.74) is -0.520. The molecule has 2 rings (SSSR count). The SMILES string of the molecule is CCC1CC1(O)c1cc(Br)c(Br)s1. The van der Waals surface area contributed by atoms with Crippen LogP contribution in [0, 0.1) is 5.92 Å². The second-order valence-electron chi connectivity index (χ2n) is 3.47.